The molecular weight excluding hydrogens is 403 g/mol. The van der Waals surface area contributed by atoms with E-state index in [2.05, 4.69) is 26.7 Å². The summed E-state index contributed by atoms with van der Waals surface area (Å²) in [6.45, 7) is 0.935. The number of likely N-dealkylation sites (tertiary alicyclic amines) is 1. The van der Waals surface area contributed by atoms with Gasteiger partial charge in [-0.1, -0.05) is 23.2 Å². The van der Waals surface area contributed by atoms with Crippen molar-refractivity contribution in [2.24, 2.45) is 5.92 Å². The number of hydrogen-bond donors (Lipinski definition) is 2. The lowest BCUT2D eigenvalue weighted by Crippen LogP contribution is -2.29. The summed E-state index contributed by atoms with van der Waals surface area (Å²) in [7, 11) is 3.17. The zero-order valence-electron chi connectivity index (χ0n) is 15.3. The molecule has 1 aliphatic heterocycles. The summed E-state index contributed by atoms with van der Waals surface area (Å²) < 4.78 is 5.39. The number of carbonyl (C=O) groups excluding carboxylic acids is 1. The van der Waals surface area contributed by atoms with Crippen LogP contribution in [0.4, 0.5) is 17.5 Å². The Balaban J connectivity index is 1.87. The number of nitriles is 1. The predicted molar refractivity (Wildman–Crippen MR) is 107 cm³/mol. The first-order chi connectivity index (χ1) is 13.5. The molecule has 1 amide bonds. The number of benzene rings is 1. The van der Waals surface area contributed by atoms with Crippen LogP contribution in [0.1, 0.15) is 16.8 Å². The molecule has 28 heavy (non-hydrogen) atoms. The summed E-state index contributed by atoms with van der Waals surface area (Å²) in [5.74, 6) is 0.751. The van der Waals surface area contributed by atoms with Crippen molar-refractivity contribution in [1.29, 1.82) is 5.26 Å². The number of aromatic nitrogens is 2. The zero-order valence-corrected chi connectivity index (χ0v) is 16.8. The summed E-state index contributed by atoms with van der Waals surface area (Å²) in [5.41, 5.74) is 0.820. The molecule has 0 spiro atoms. The average Bonchev–Trinajstić information content (AvgIpc) is 3.19. The van der Waals surface area contributed by atoms with Crippen molar-refractivity contribution in [2.75, 3.05) is 37.9 Å². The maximum absolute atomic E-state index is 12.8. The number of nitrogens with one attached hydrogen (secondary N) is 2. The maximum Gasteiger partial charge on any atom is 0.257 e. The van der Waals surface area contributed by atoms with E-state index in [-0.39, 0.29) is 17.8 Å². The highest BCUT2D eigenvalue weighted by molar-refractivity contribution is 6.34. The van der Waals surface area contributed by atoms with Gasteiger partial charge in [-0.25, -0.2) is 4.98 Å². The zero-order chi connectivity index (χ0) is 20.3. The molecule has 0 aliphatic carbocycles. The molecule has 0 bridgehead atoms. The number of halogens is 2. The van der Waals surface area contributed by atoms with E-state index in [1.54, 1.807) is 24.1 Å². The highest BCUT2D eigenvalue weighted by Gasteiger charge is 2.29. The van der Waals surface area contributed by atoms with Crippen molar-refractivity contribution >= 4 is 46.6 Å². The molecule has 2 N–H and O–H groups in total. The number of anilines is 3. The Morgan fingerprint density at radius 3 is 2.82 bits per heavy atom. The van der Waals surface area contributed by atoms with Gasteiger partial charge in [0, 0.05) is 26.2 Å². The molecule has 146 valence electrons. The highest BCUT2D eigenvalue weighted by atomic mass is 35.5. The minimum Gasteiger partial charge on any atom is -0.496 e. The minimum atomic E-state index is -0.219. The number of nitrogens with zero attached hydrogens (tertiary/aromatic N) is 4. The van der Waals surface area contributed by atoms with Gasteiger partial charge in [0.05, 0.1) is 41.6 Å². The Morgan fingerprint density at radius 2 is 2.18 bits per heavy atom. The first kappa shape index (κ1) is 20.0. The van der Waals surface area contributed by atoms with E-state index in [9.17, 15) is 4.79 Å². The van der Waals surface area contributed by atoms with Crippen LogP contribution in [0.2, 0.25) is 10.0 Å². The van der Waals surface area contributed by atoms with Crippen LogP contribution < -0.4 is 15.4 Å². The molecule has 10 heteroatoms. The molecule has 1 atom stereocenters. The third-order valence-electron chi connectivity index (χ3n) is 4.40. The number of carbonyl (C=O) groups is 1. The van der Waals surface area contributed by atoms with Crippen molar-refractivity contribution in [3.05, 3.63) is 33.9 Å². The summed E-state index contributed by atoms with van der Waals surface area (Å²) in [5, 5.41) is 15.6. The lowest BCUT2D eigenvalue weighted by molar-refractivity contribution is 0.0786. The predicted octanol–water partition coefficient (Wildman–Crippen LogP) is 3.56. The van der Waals surface area contributed by atoms with Crippen LogP contribution in [0.25, 0.3) is 0 Å². The summed E-state index contributed by atoms with van der Waals surface area (Å²) in [6.07, 6.45) is 2.13. The molecule has 0 saturated carbocycles. The largest absolute Gasteiger partial charge is 0.496 e. The van der Waals surface area contributed by atoms with Gasteiger partial charge in [-0.3, -0.25) is 4.79 Å². The van der Waals surface area contributed by atoms with Crippen LogP contribution >= 0.6 is 23.2 Å². The molecule has 1 saturated heterocycles. The van der Waals surface area contributed by atoms with E-state index in [0.29, 0.717) is 52.4 Å². The van der Waals surface area contributed by atoms with Gasteiger partial charge in [0.2, 0.25) is 5.95 Å². The van der Waals surface area contributed by atoms with Crippen LogP contribution in [-0.2, 0) is 0 Å². The van der Waals surface area contributed by atoms with Gasteiger partial charge in [-0.2, -0.15) is 10.2 Å². The van der Waals surface area contributed by atoms with Crippen molar-refractivity contribution in [3.63, 3.8) is 0 Å². The summed E-state index contributed by atoms with van der Waals surface area (Å²) in [4.78, 5) is 22.8. The third kappa shape index (κ3) is 4.06. The summed E-state index contributed by atoms with van der Waals surface area (Å²) in [6, 6.07) is 5.36. The number of ether oxygens (including phenoxy) is 1. The lowest BCUT2D eigenvalue weighted by Gasteiger charge is -2.19. The normalized spacial score (nSPS) is 15.8. The van der Waals surface area contributed by atoms with Crippen LogP contribution in [0, 0.1) is 17.2 Å². The molecule has 1 fully saturated rings. The first-order valence-corrected chi connectivity index (χ1v) is 9.26. The lowest BCUT2D eigenvalue weighted by atomic mass is 10.1. The summed E-state index contributed by atoms with van der Waals surface area (Å²) >= 11 is 12.4. The Kier molecular flexibility index (Phi) is 6.07. The number of rotatable bonds is 5. The number of hydrogen-bond acceptors (Lipinski definition) is 7. The van der Waals surface area contributed by atoms with Gasteiger partial charge in [0.25, 0.3) is 5.91 Å². The van der Waals surface area contributed by atoms with E-state index < -0.39 is 0 Å². The van der Waals surface area contributed by atoms with E-state index >= 15 is 0 Å². The first-order valence-electron chi connectivity index (χ1n) is 8.50. The molecule has 1 aromatic carbocycles. The second-order valence-electron chi connectivity index (χ2n) is 6.16. The fraction of sp³-hybridized carbons (Fsp3) is 0.333. The molecule has 1 aromatic heterocycles. The maximum atomic E-state index is 12.8. The second-order valence-corrected chi connectivity index (χ2v) is 6.98. The minimum absolute atomic E-state index is 0.144. The fourth-order valence-electron chi connectivity index (χ4n) is 2.93. The van der Waals surface area contributed by atoms with Crippen molar-refractivity contribution < 1.29 is 9.53 Å². The highest BCUT2D eigenvalue weighted by Crippen LogP contribution is 2.34. The Hall–Kier alpha value is -2.76. The number of methoxy groups -OCH3 is 1. The van der Waals surface area contributed by atoms with E-state index in [0.717, 1.165) is 0 Å². The molecule has 3 rings (SSSR count). The number of amides is 1. The van der Waals surface area contributed by atoms with Gasteiger partial charge in [-0.05, 0) is 12.5 Å². The molecule has 1 aliphatic rings. The monoisotopic (exact) mass is 420 g/mol. The molecule has 2 heterocycles. The van der Waals surface area contributed by atoms with Gasteiger partial charge < -0.3 is 20.3 Å². The van der Waals surface area contributed by atoms with E-state index in [4.69, 9.17) is 33.2 Å². The van der Waals surface area contributed by atoms with Crippen LogP contribution in [0.15, 0.2) is 18.3 Å². The molecule has 2 aromatic rings. The Morgan fingerprint density at radius 1 is 1.39 bits per heavy atom. The average molecular weight is 421 g/mol. The van der Waals surface area contributed by atoms with Crippen LogP contribution in [-0.4, -0.2) is 48.0 Å². The van der Waals surface area contributed by atoms with Crippen molar-refractivity contribution in [1.82, 2.24) is 14.9 Å². The second kappa shape index (κ2) is 8.50. The fourth-order valence-corrected chi connectivity index (χ4v) is 3.33. The van der Waals surface area contributed by atoms with E-state index in [1.165, 1.54) is 13.3 Å². The molecule has 1 unspecified atom stereocenters. The molecular formula is C18H18Cl2N6O2. The molecule has 8 nitrogen and oxygen atoms in total. The topological polar surface area (TPSA) is 103 Å². The van der Waals surface area contributed by atoms with Gasteiger partial charge in [-0.15, -0.1) is 0 Å². The van der Waals surface area contributed by atoms with Crippen LogP contribution in [0.3, 0.4) is 0 Å². The Labute approximate surface area is 172 Å². The van der Waals surface area contributed by atoms with Crippen molar-refractivity contribution in [2.45, 2.75) is 6.42 Å². The quantitative estimate of drug-likeness (QED) is 0.761. The van der Waals surface area contributed by atoms with E-state index in [1.807, 2.05) is 0 Å². The third-order valence-corrected chi connectivity index (χ3v) is 4.99. The Bertz CT molecular complexity index is 946. The van der Waals surface area contributed by atoms with Gasteiger partial charge in [0.15, 0.2) is 0 Å². The molecule has 0 radical (unpaired) electrons. The SMILES string of the molecule is CNc1nc(Nc2cc(OC)c(C(=O)N3CCC(C#N)C3)cc2Cl)ncc1Cl. The van der Waals surface area contributed by atoms with Crippen LogP contribution in [0.5, 0.6) is 5.75 Å². The van der Waals surface area contributed by atoms with Gasteiger partial charge >= 0.3 is 0 Å². The smallest absolute Gasteiger partial charge is 0.257 e. The van der Waals surface area contributed by atoms with Crippen molar-refractivity contribution in [3.8, 4) is 11.8 Å². The standard InChI is InChI=1S/C18H18Cl2N6O2/c1-22-16-13(20)8-23-18(25-16)24-14-6-15(28-2)11(5-12(14)19)17(27)26-4-3-10(7-21)9-26/h5-6,8,10H,3-4,9H2,1-2H3,(H2,22,23,24,25). The van der Waals surface area contributed by atoms with Gasteiger partial charge in [0.1, 0.15) is 16.6 Å².